The van der Waals surface area contributed by atoms with Crippen molar-refractivity contribution in [3.8, 4) is 17.2 Å². The second-order valence-electron chi connectivity index (χ2n) is 9.34. The third-order valence-electron chi connectivity index (χ3n) is 7.48. The first-order valence-corrected chi connectivity index (χ1v) is 12.7. The summed E-state index contributed by atoms with van der Waals surface area (Å²) in [5.74, 6) is -1.94. The molecule has 2 heterocycles. The Morgan fingerprint density at radius 2 is 1.59 bits per heavy atom. The summed E-state index contributed by atoms with van der Waals surface area (Å²) in [6, 6.07) is 20.1. The van der Waals surface area contributed by atoms with Crippen molar-refractivity contribution in [1.82, 2.24) is 5.32 Å². The van der Waals surface area contributed by atoms with Gasteiger partial charge in [-0.3, -0.25) is 14.9 Å². The molecule has 3 aromatic rings. The first-order chi connectivity index (χ1) is 18.9. The van der Waals surface area contributed by atoms with Crippen LogP contribution in [0.4, 0.5) is 5.69 Å². The van der Waals surface area contributed by atoms with Crippen LogP contribution >= 0.6 is 0 Å². The monoisotopic (exact) mass is 530 g/mol. The lowest BCUT2D eigenvalue weighted by Crippen LogP contribution is -2.53. The van der Waals surface area contributed by atoms with Gasteiger partial charge in [-0.05, 0) is 42.8 Å². The molecule has 0 aromatic heterocycles. The Balaban J connectivity index is 1.70. The Morgan fingerprint density at radius 3 is 2.21 bits per heavy atom. The van der Waals surface area contributed by atoms with Gasteiger partial charge in [0.05, 0.1) is 45.5 Å². The number of imide groups is 1. The topological polar surface area (TPSA) is 103 Å². The third-order valence-corrected chi connectivity index (χ3v) is 7.48. The number of amides is 2. The summed E-state index contributed by atoms with van der Waals surface area (Å²) in [7, 11) is 4.34. The molecule has 4 atom stereocenters. The molecular formula is C30H30N2O7. The number of carbonyl (C=O) groups is 3. The van der Waals surface area contributed by atoms with Gasteiger partial charge in [-0.1, -0.05) is 36.4 Å². The van der Waals surface area contributed by atoms with Crippen LogP contribution in [0.5, 0.6) is 17.2 Å². The van der Waals surface area contributed by atoms with Crippen LogP contribution in [0, 0.1) is 11.8 Å². The highest BCUT2D eigenvalue weighted by Gasteiger charge is 2.70. The van der Waals surface area contributed by atoms with Crippen LogP contribution in [-0.2, 0) is 24.7 Å². The minimum Gasteiger partial charge on any atom is -0.497 e. The first kappa shape index (κ1) is 26.2. The van der Waals surface area contributed by atoms with Crippen LogP contribution in [0.2, 0.25) is 0 Å². The highest BCUT2D eigenvalue weighted by atomic mass is 16.5. The summed E-state index contributed by atoms with van der Waals surface area (Å²) < 4.78 is 21.8. The second-order valence-corrected chi connectivity index (χ2v) is 9.34. The average Bonchev–Trinajstić information content (AvgIpc) is 3.47. The summed E-state index contributed by atoms with van der Waals surface area (Å²) in [5.41, 5.74) is -0.0837. The van der Waals surface area contributed by atoms with E-state index >= 15 is 0 Å². The highest BCUT2D eigenvalue weighted by Crippen LogP contribution is 2.55. The predicted molar refractivity (Wildman–Crippen MR) is 143 cm³/mol. The molecule has 2 fully saturated rings. The van der Waals surface area contributed by atoms with Crippen molar-refractivity contribution in [3.63, 3.8) is 0 Å². The summed E-state index contributed by atoms with van der Waals surface area (Å²) in [6.45, 7) is 2.36. The van der Waals surface area contributed by atoms with Crippen molar-refractivity contribution < 1.29 is 33.3 Å². The molecule has 0 radical (unpaired) electrons. The molecule has 0 aliphatic carbocycles. The fraction of sp³-hybridized carbons (Fsp3) is 0.300. The molecule has 0 unspecified atom stereocenters. The van der Waals surface area contributed by atoms with E-state index in [0.29, 0.717) is 40.7 Å². The molecule has 1 N–H and O–H groups in total. The van der Waals surface area contributed by atoms with Gasteiger partial charge in [0.2, 0.25) is 11.8 Å². The SMILES string of the molecule is CCOc1ccc(N2C(=O)[C@H]3[C@@H](C2=O)[C@](C(=O)OC)(c2ccccc2)N[C@H]3c2ccc(OC)cc2OC)cc1. The second kappa shape index (κ2) is 10.4. The van der Waals surface area contributed by atoms with E-state index in [1.807, 2.05) is 13.0 Å². The average molecular weight is 531 g/mol. The zero-order valence-corrected chi connectivity index (χ0v) is 22.2. The summed E-state index contributed by atoms with van der Waals surface area (Å²) in [4.78, 5) is 43.2. The number of ether oxygens (including phenoxy) is 4. The number of nitrogens with zero attached hydrogens (tertiary/aromatic N) is 1. The molecule has 2 aliphatic heterocycles. The van der Waals surface area contributed by atoms with E-state index in [4.69, 9.17) is 18.9 Å². The number of hydrogen-bond donors (Lipinski definition) is 1. The number of esters is 1. The quantitative estimate of drug-likeness (QED) is 0.348. The maximum Gasteiger partial charge on any atom is 0.331 e. The van der Waals surface area contributed by atoms with E-state index in [0.717, 1.165) is 4.90 Å². The standard InChI is InChI=1S/C30H30N2O7/c1-5-39-20-13-11-19(12-14-20)32-27(33)24-25(28(32)34)30(29(35)38-4,18-9-7-6-8-10-18)31-26(24)22-16-15-21(36-2)17-23(22)37-3/h6-17,24-26,31H,5H2,1-4H3/t24-,25-,26-,30-/m0/s1. The van der Waals surface area contributed by atoms with Crippen molar-refractivity contribution in [2.75, 3.05) is 32.8 Å². The molecule has 0 saturated carbocycles. The highest BCUT2D eigenvalue weighted by molar-refractivity contribution is 6.24. The van der Waals surface area contributed by atoms with Gasteiger partial charge in [-0.2, -0.15) is 0 Å². The lowest BCUT2D eigenvalue weighted by Gasteiger charge is -2.33. The van der Waals surface area contributed by atoms with E-state index in [1.54, 1.807) is 73.8 Å². The Hall–Kier alpha value is -4.37. The number of nitrogens with one attached hydrogen (secondary N) is 1. The Kier molecular flexibility index (Phi) is 7.01. The number of carbonyl (C=O) groups excluding carboxylic acids is 3. The number of anilines is 1. The van der Waals surface area contributed by atoms with Gasteiger partial charge < -0.3 is 18.9 Å². The van der Waals surface area contributed by atoms with E-state index < -0.39 is 41.2 Å². The third kappa shape index (κ3) is 4.10. The Labute approximate surface area is 226 Å². The zero-order valence-electron chi connectivity index (χ0n) is 22.2. The van der Waals surface area contributed by atoms with Gasteiger partial charge in [0.25, 0.3) is 0 Å². The molecule has 5 rings (SSSR count). The molecule has 3 aromatic carbocycles. The van der Waals surface area contributed by atoms with Crippen molar-refractivity contribution >= 4 is 23.5 Å². The Bertz CT molecular complexity index is 1390. The van der Waals surface area contributed by atoms with Crippen LogP contribution in [0.25, 0.3) is 0 Å². The minimum atomic E-state index is -1.62. The fourth-order valence-electron chi connectivity index (χ4n) is 5.80. The molecule has 9 nitrogen and oxygen atoms in total. The number of fused-ring (bicyclic) bond motifs is 1. The summed E-state index contributed by atoms with van der Waals surface area (Å²) >= 11 is 0. The van der Waals surface area contributed by atoms with Gasteiger partial charge >= 0.3 is 5.97 Å². The first-order valence-electron chi connectivity index (χ1n) is 12.7. The molecule has 0 bridgehead atoms. The molecule has 2 amide bonds. The van der Waals surface area contributed by atoms with Crippen LogP contribution < -0.4 is 24.4 Å². The summed E-state index contributed by atoms with van der Waals surface area (Å²) in [5, 5.41) is 3.38. The van der Waals surface area contributed by atoms with Gasteiger partial charge in [0, 0.05) is 17.7 Å². The van der Waals surface area contributed by atoms with Crippen LogP contribution in [-0.4, -0.2) is 45.7 Å². The molecule has 202 valence electrons. The van der Waals surface area contributed by atoms with E-state index in [2.05, 4.69) is 5.32 Å². The van der Waals surface area contributed by atoms with Crippen molar-refractivity contribution in [1.29, 1.82) is 0 Å². The van der Waals surface area contributed by atoms with Crippen molar-refractivity contribution in [2.24, 2.45) is 11.8 Å². The number of rotatable bonds is 8. The maximum atomic E-state index is 14.2. The lowest BCUT2D eigenvalue weighted by molar-refractivity contribution is -0.152. The number of methoxy groups -OCH3 is 3. The van der Waals surface area contributed by atoms with Crippen LogP contribution in [0.3, 0.4) is 0 Å². The minimum absolute atomic E-state index is 0.398. The Morgan fingerprint density at radius 1 is 0.897 bits per heavy atom. The van der Waals surface area contributed by atoms with Gasteiger partial charge in [-0.15, -0.1) is 0 Å². The van der Waals surface area contributed by atoms with E-state index in [-0.39, 0.29) is 0 Å². The largest absolute Gasteiger partial charge is 0.497 e. The van der Waals surface area contributed by atoms with Crippen LogP contribution in [0.1, 0.15) is 24.1 Å². The molecular weight excluding hydrogens is 500 g/mol. The zero-order chi connectivity index (χ0) is 27.7. The molecule has 0 spiro atoms. The molecule has 2 aliphatic rings. The van der Waals surface area contributed by atoms with Gasteiger partial charge in [0.1, 0.15) is 17.2 Å². The smallest absolute Gasteiger partial charge is 0.331 e. The number of benzene rings is 3. The van der Waals surface area contributed by atoms with Gasteiger partial charge in [0.15, 0.2) is 5.54 Å². The number of hydrogen-bond acceptors (Lipinski definition) is 8. The molecule has 2 saturated heterocycles. The van der Waals surface area contributed by atoms with Crippen molar-refractivity contribution in [2.45, 2.75) is 18.5 Å². The molecule has 39 heavy (non-hydrogen) atoms. The lowest BCUT2D eigenvalue weighted by atomic mass is 9.75. The van der Waals surface area contributed by atoms with E-state index in [9.17, 15) is 14.4 Å². The summed E-state index contributed by atoms with van der Waals surface area (Å²) in [6.07, 6.45) is 0. The van der Waals surface area contributed by atoms with Crippen molar-refractivity contribution in [3.05, 3.63) is 83.9 Å². The fourth-order valence-corrected chi connectivity index (χ4v) is 5.80. The maximum absolute atomic E-state index is 14.2. The van der Waals surface area contributed by atoms with Gasteiger partial charge in [-0.25, -0.2) is 9.69 Å². The van der Waals surface area contributed by atoms with Crippen LogP contribution in [0.15, 0.2) is 72.8 Å². The predicted octanol–water partition coefficient (Wildman–Crippen LogP) is 3.62. The van der Waals surface area contributed by atoms with E-state index in [1.165, 1.54) is 14.2 Å². The normalized spacial score (nSPS) is 23.9. The molecule has 9 heteroatoms.